The normalized spacial score (nSPS) is 11.4. The summed E-state index contributed by atoms with van der Waals surface area (Å²) >= 11 is 7.78. The summed E-state index contributed by atoms with van der Waals surface area (Å²) in [7, 11) is -3.70. The zero-order valence-electron chi connectivity index (χ0n) is 12.7. The number of thioether (sulfide) groups is 1. The monoisotopic (exact) mass is 379 g/mol. The molecule has 8 heteroatoms. The topological polar surface area (TPSA) is 74.8 Å². The highest BCUT2D eigenvalue weighted by atomic mass is 35.5. The molecule has 3 aromatic rings. The smallest absolute Gasteiger partial charge is 0.263 e. The lowest BCUT2D eigenvalue weighted by molar-refractivity contribution is 0.601. The van der Waals surface area contributed by atoms with Crippen molar-refractivity contribution in [2.75, 3.05) is 11.0 Å². The Labute approximate surface area is 149 Å². The highest BCUT2D eigenvalue weighted by Gasteiger charge is 2.18. The SMILES string of the molecule is CSc1ccc(-c2cn[nH]c2NS(=O)(=O)c2ccccc2)cc1Cl. The third-order valence-electron chi connectivity index (χ3n) is 3.39. The molecule has 2 aromatic carbocycles. The zero-order chi connectivity index (χ0) is 17.2. The lowest BCUT2D eigenvalue weighted by Gasteiger charge is -2.09. The van der Waals surface area contributed by atoms with Gasteiger partial charge in [-0.3, -0.25) is 9.82 Å². The second-order valence-corrected chi connectivity index (χ2v) is 7.86. The number of nitrogens with zero attached hydrogens (tertiary/aromatic N) is 1. The maximum absolute atomic E-state index is 12.5. The molecule has 0 bridgehead atoms. The zero-order valence-corrected chi connectivity index (χ0v) is 15.0. The molecule has 0 atom stereocenters. The summed E-state index contributed by atoms with van der Waals surface area (Å²) in [4.78, 5) is 1.14. The Bertz CT molecular complexity index is 956. The van der Waals surface area contributed by atoms with Crippen molar-refractivity contribution in [3.8, 4) is 11.1 Å². The van der Waals surface area contributed by atoms with Crippen LogP contribution < -0.4 is 4.72 Å². The Kier molecular flexibility index (Phi) is 4.84. The molecule has 1 heterocycles. The number of sulfonamides is 1. The molecule has 24 heavy (non-hydrogen) atoms. The Morgan fingerprint density at radius 3 is 2.58 bits per heavy atom. The van der Waals surface area contributed by atoms with Gasteiger partial charge in [-0.15, -0.1) is 11.8 Å². The van der Waals surface area contributed by atoms with Crippen LogP contribution in [-0.2, 0) is 10.0 Å². The van der Waals surface area contributed by atoms with Crippen LogP contribution in [0.4, 0.5) is 5.82 Å². The molecular formula is C16H14ClN3O2S2. The van der Waals surface area contributed by atoms with Gasteiger partial charge in [0.25, 0.3) is 10.0 Å². The van der Waals surface area contributed by atoms with Crippen molar-refractivity contribution in [3.05, 3.63) is 59.8 Å². The van der Waals surface area contributed by atoms with Crippen molar-refractivity contribution in [3.63, 3.8) is 0 Å². The third-order valence-corrected chi connectivity index (χ3v) is 5.98. The van der Waals surface area contributed by atoms with Crippen LogP contribution in [-0.4, -0.2) is 24.9 Å². The van der Waals surface area contributed by atoms with E-state index in [-0.39, 0.29) is 4.90 Å². The van der Waals surface area contributed by atoms with Gasteiger partial charge in [-0.25, -0.2) is 8.42 Å². The van der Waals surface area contributed by atoms with Crippen molar-refractivity contribution < 1.29 is 8.42 Å². The number of hydrogen-bond donors (Lipinski definition) is 2. The summed E-state index contributed by atoms with van der Waals surface area (Å²) in [6.45, 7) is 0. The molecule has 0 saturated carbocycles. The summed E-state index contributed by atoms with van der Waals surface area (Å²) in [6.07, 6.45) is 3.51. The second kappa shape index (κ2) is 6.88. The Balaban J connectivity index is 1.95. The van der Waals surface area contributed by atoms with E-state index in [2.05, 4.69) is 14.9 Å². The molecule has 5 nitrogen and oxygen atoms in total. The molecule has 0 fully saturated rings. The van der Waals surface area contributed by atoms with Crippen LogP contribution in [0.15, 0.2) is 64.5 Å². The predicted octanol–water partition coefficient (Wildman–Crippen LogP) is 4.25. The molecule has 3 rings (SSSR count). The molecular weight excluding hydrogens is 366 g/mol. The number of nitrogens with one attached hydrogen (secondary N) is 2. The quantitative estimate of drug-likeness (QED) is 0.650. The fourth-order valence-electron chi connectivity index (χ4n) is 2.21. The maximum Gasteiger partial charge on any atom is 0.263 e. The van der Waals surface area contributed by atoms with Crippen molar-refractivity contribution in [1.29, 1.82) is 0 Å². The van der Waals surface area contributed by atoms with Crippen molar-refractivity contribution >= 4 is 39.2 Å². The van der Waals surface area contributed by atoms with E-state index in [1.807, 2.05) is 18.4 Å². The molecule has 1 aromatic heterocycles. The number of anilines is 1. The molecule has 124 valence electrons. The molecule has 0 aliphatic rings. The van der Waals surface area contributed by atoms with E-state index in [0.29, 0.717) is 16.4 Å². The first-order valence-corrected chi connectivity index (χ1v) is 10.0. The third kappa shape index (κ3) is 3.43. The standard InChI is InChI=1S/C16H14ClN3O2S2/c1-23-15-8-7-11(9-14(15)17)13-10-18-19-16(13)20-24(21,22)12-5-3-2-4-6-12/h2-10H,1H3,(H2,18,19,20). The molecule has 0 saturated heterocycles. The first-order valence-electron chi connectivity index (χ1n) is 6.96. The van der Waals surface area contributed by atoms with Crippen LogP contribution in [0.1, 0.15) is 0 Å². The molecule has 0 amide bonds. The summed E-state index contributed by atoms with van der Waals surface area (Å²) in [5.41, 5.74) is 1.40. The summed E-state index contributed by atoms with van der Waals surface area (Å²) < 4.78 is 27.5. The van der Waals surface area contributed by atoms with Gasteiger partial charge >= 0.3 is 0 Å². The molecule has 0 aliphatic carbocycles. The highest BCUT2D eigenvalue weighted by Crippen LogP contribution is 2.33. The van der Waals surface area contributed by atoms with Gasteiger partial charge in [-0.2, -0.15) is 5.10 Å². The highest BCUT2D eigenvalue weighted by molar-refractivity contribution is 7.98. The second-order valence-electron chi connectivity index (χ2n) is 4.93. The van der Waals surface area contributed by atoms with E-state index >= 15 is 0 Å². The predicted molar refractivity (Wildman–Crippen MR) is 98.1 cm³/mol. The summed E-state index contributed by atoms with van der Waals surface area (Å²) in [5, 5.41) is 7.25. The minimum absolute atomic E-state index is 0.182. The van der Waals surface area contributed by atoms with E-state index in [0.717, 1.165) is 10.5 Å². The van der Waals surface area contributed by atoms with Crippen LogP contribution in [0.25, 0.3) is 11.1 Å². The summed E-state index contributed by atoms with van der Waals surface area (Å²) in [6, 6.07) is 13.7. The van der Waals surface area contributed by atoms with Crippen LogP contribution in [0.2, 0.25) is 5.02 Å². The molecule has 0 radical (unpaired) electrons. The van der Waals surface area contributed by atoms with Gasteiger partial charge in [-0.05, 0) is 36.1 Å². The van der Waals surface area contributed by atoms with Crippen LogP contribution in [0, 0.1) is 0 Å². The number of aromatic amines is 1. The number of benzene rings is 2. The van der Waals surface area contributed by atoms with E-state index in [9.17, 15) is 8.42 Å². The van der Waals surface area contributed by atoms with Crippen LogP contribution >= 0.6 is 23.4 Å². The van der Waals surface area contributed by atoms with Gasteiger partial charge < -0.3 is 0 Å². The van der Waals surface area contributed by atoms with Gasteiger partial charge in [-0.1, -0.05) is 35.9 Å². The number of rotatable bonds is 5. The average molecular weight is 380 g/mol. The van der Waals surface area contributed by atoms with Crippen molar-refractivity contribution in [1.82, 2.24) is 10.2 Å². The molecule has 0 unspecified atom stereocenters. The van der Waals surface area contributed by atoms with Crippen LogP contribution in [0.5, 0.6) is 0 Å². The van der Waals surface area contributed by atoms with E-state index < -0.39 is 10.0 Å². The fourth-order valence-corrected chi connectivity index (χ4v) is 4.14. The number of hydrogen-bond acceptors (Lipinski definition) is 4. The average Bonchev–Trinajstić information content (AvgIpc) is 3.03. The van der Waals surface area contributed by atoms with Crippen molar-refractivity contribution in [2.24, 2.45) is 0 Å². The number of H-pyrrole nitrogens is 1. The van der Waals surface area contributed by atoms with Gasteiger partial charge in [0, 0.05) is 10.5 Å². The minimum atomic E-state index is -3.70. The van der Waals surface area contributed by atoms with Crippen molar-refractivity contribution in [2.45, 2.75) is 9.79 Å². The summed E-state index contributed by atoms with van der Waals surface area (Å²) in [5.74, 6) is 0.298. The van der Waals surface area contributed by atoms with Gasteiger partial charge in [0.2, 0.25) is 0 Å². The first-order chi connectivity index (χ1) is 11.5. The van der Waals surface area contributed by atoms with Crippen LogP contribution in [0.3, 0.4) is 0 Å². The van der Waals surface area contributed by atoms with Gasteiger partial charge in [0.1, 0.15) is 5.82 Å². The minimum Gasteiger partial charge on any atom is -0.263 e. The Morgan fingerprint density at radius 2 is 1.92 bits per heavy atom. The van der Waals surface area contributed by atoms with E-state index in [1.165, 1.54) is 12.1 Å². The maximum atomic E-state index is 12.5. The molecule has 2 N–H and O–H groups in total. The Morgan fingerprint density at radius 1 is 1.17 bits per heavy atom. The number of halogens is 1. The Hall–Kier alpha value is -1.96. The molecule has 0 spiro atoms. The fraction of sp³-hybridized carbons (Fsp3) is 0.0625. The van der Waals surface area contributed by atoms with E-state index in [1.54, 1.807) is 42.2 Å². The first kappa shape index (κ1) is 16.9. The number of aromatic nitrogens is 2. The molecule has 0 aliphatic heterocycles. The lowest BCUT2D eigenvalue weighted by Crippen LogP contribution is -2.13. The lowest BCUT2D eigenvalue weighted by atomic mass is 10.1. The van der Waals surface area contributed by atoms with Gasteiger partial charge in [0.05, 0.1) is 16.1 Å². The largest absolute Gasteiger partial charge is 0.263 e. The van der Waals surface area contributed by atoms with E-state index in [4.69, 9.17) is 11.6 Å². The van der Waals surface area contributed by atoms with Gasteiger partial charge in [0.15, 0.2) is 0 Å².